The van der Waals surface area contributed by atoms with Gasteiger partial charge < -0.3 is 4.74 Å². The molecule has 0 spiro atoms. The van der Waals surface area contributed by atoms with E-state index in [1.807, 2.05) is 13.0 Å². The minimum atomic E-state index is 0.524. The lowest BCUT2D eigenvalue weighted by Crippen LogP contribution is -2.02. The molecule has 1 rings (SSSR count). The molecule has 1 heteroatoms. The molecule has 0 saturated carbocycles. The number of rotatable bonds is 5. The van der Waals surface area contributed by atoms with E-state index in [1.165, 1.54) is 16.7 Å². The van der Waals surface area contributed by atoms with Crippen LogP contribution < -0.4 is 4.74 Å². The normalized spacial score (nSPS) is 12.2. The Morgan fingerprint density at radius 3 is 2.56 bits per heavy atom. The fraction of sp³-hybridized carbons (Fsp3) is 0.467. The summed E-state index contributed by atoms with van der Waals surface area (Å²) in [7, 11) is 0. The summed E-state index contributed by atoms with van der Waals surface area (Å²) in [5, 5.41) is 0. The van der Waals surface area contributed by atoms with Gasteiger partial charge in [-0.2, -0.15) is 0 Å². The van der Waals surface area contributed by atoms with E-state index in [-0.39, 0.29) is 0 Å². The molecule has 1 atom stereocenters. The molecule has 88 valence electrons. The van der Waals surface area contributed by atoms with Crippen LogP contribution in [0.25, 0.3) is 0 Å². The molecule has 0 aromatic heterocycles. The average Bonchev–Trinajstić information content (AvgIpc) is 2.28. The van der Waals surface area contributed by atoms with Gasteiger partial charge in [-0.1, -0.05) is 19.1 Å². The summed E-state index contributed by atoms with van der Waals surface area (Å²) < 4.78 is 5.58. The van der Waals surface area contributed by atoms with Crippen LogP contribution in [0.2, 0.25) is 0 Å². The second kappa shape index (κ2) is 5.74. The van der Waals surface area contributed by atoms with Crippen molar-refractivity contribution in [3.05, 3.63) is 41.5 Å². The van der Waals surface area contributed by atoms with Gasteiger partial charge in [0.2, 0.25) is 0 Å². The number of hydrogen-bond acceptors (Lipinski definition) is 1. The predicted octanol–water partition coefficient (Wildman–Crippen LogP) is 4.07. The van der Waals surface area contributed by atoms with Crippen molar-refractivity contribution in [2.24, 2.45) is 5.92 Å². The number of hydrogen-bond donors (Lipinski definition) is 0. The molecular weight excluding hydrogens is 196 g/mol. The molecule has 1 aromatic carbocycles. The van der Waals surface area contributed by atoms with Crippen LogP contribution in [0.1, 0.15) is 30.5 Å². The Labute approximate surface area is 99.1 Å². The quantitative estimate of drug-likeness (QED) is 0.677. The summed E-state index contributed by atoms with van der Waals surface area (Å²) in [6.45, 7) is 13.1. The molecule has 0 radical (unpaired) electrons. The van der Waals surface area contributed by atoms with Gasteiger partial charge in [0.25, 0.3) is 0 Å². The molecule has 0 fully saturated rings. The standard InChI is InChI=1S/C15H22O/c1-6-11(3)10-14-8-9-15(16-7-2)13(5)12(14)4/h6,8-9,11H,1,7,10H2,2-5H3. The molecule has 16 heavy (non-hydrogen) atoms. The van der Waals surface area contributed by atoms with E-state index in [4.69, 9.17) is 4.74 Å². The van der Waals surface area contributed by atoms with Gasteiger partial charge >= 0.3 is 0 Å². The van der Waals surface area contributed by atoms with Gasteiger partial charge in [0.1, 0.15) is 5.75 Å². The van der Waals surface area contributed by atoms with Gasteiger partial charge in [-0.15, -0.1) is 6.58 Å². The molecule has 0 bridgehead atoms. The van der Waals surface area contributed by atoms with Crippen molar-refractivity contribution in [3.8, 4) is 5.75 Å². The lowest BCUT2D eigenvalue weighted by Gasteiger charge is -2.15. The van der Waals surface area contributed by atoms with Crippen LogP contribution >= 0.6 is 0 Å². The highest BCUT2D eigenvalue weighted by molar-refractivity contribution is 5.43. The zero-order valence-corrected chi connectivity index (χ0v) is 10.8. The van der Waals surface area contributed by atoms with Crippen LogP contribution in [0.4, 0.5) is 0 Å². The lowest BCUT2D eigenvalue weighted by molar-refractivity contribution is 0.337. The third kappa shape index (κ3) is 2.88. The lowest BCUT2D eigenvalue weighted by atomic mass is 9.94. The van der Waals surface area contributed by atoms with Crippen molar-refractivity contribution >= 4 is 0 Å². The summed E-state index contributed by atoms with van der Waals surface area (Å²) >= 11 is 0. The molecule has 1 unspecified atom stereocenters. The van der Waals surface area contributed by atoms with Gasteiger partial charge in [-0.05, 0) is 55.9 Å². The van der Waals surface area contributed by atoms with Crippen molar-refractivity contribution in [1.29, 1.82) is 0 Å². The molecule has 0 saturated heterocycles. The third-order valence-corrected chi connectivity index (χ3v) is 3.09. The SMILES string of the molecule is C=CC(C)Cc1ccc(OCC)c(C)c1C. The van der Waals surface area contributed by atoms with E-state index in [2.05, 4.69) is 39.5 Å². The molecule has 0 aliphatic rings. The molecule has 1 aromatic rings. The summed E-state index contributed by atoms with van der Waals surface area (Å²) in [5.74, 6) is 1.53. The zero-order chi connectivity index (χ0) is 12.1. The van der Waals surface area contributed by atoms with Crippen LogP contribution in [0.15, 0.2) is 24.8 Å². The Hall–Kier alpha value is -1.24. The van der Waals surface area contributed by atoms with Gasteiger partial charge in [0.15, 0.2) is 0 Å². The van der Waals surface area contributed by atoms with Gasteiger partial charge in [-0.3, -0.25) is 0 Å². The summed E-state index contributed by atoms with van der Waals surface area (Å²) in [6, 6.07) is 4.25. The predicted molar refractivity (Wildman–Crippen MR) is 70.2 cm³/mol. The largest absolute Gasteiger partial charge is 0.494 e. The van der Waals surface area contributed by atoms with E-state index >= 15 is 0 Å². The second-order valence-corrected chi connectivity index (χ2v) is 4.32. The fourth-order valence-electron chi connectivity index (χ4n) is 1.82. The van der Waals surface area contributed by atoms with E-state index in [1.54, 1.807) is 0 Å². The first-order valence-electron chi connectivity index (χ1n) is 5.94. The number of benzene rings is 1. The summed E-state index contributed by atoms with van der Waals surface area (Å²) in [6.07, 6.45) is 3.06. The highest BCUT2D eigenvalue weighted by Gasteiger charge is 2.08. The second-order valence-electron chi connectivity index (χ2n) is 4.32. The van der Waals surface area contributed by atoms with Gasteiger partial charge in [-0.25, -0.2) is 0 Å². The molecule has 0 amide bonds. The van der Waals surface area contributed by atoms with E-state index in [0.29, 0.717) is 5.92 Å². The Morgan fingerprint density at radius 2 is 2.00 bits per heavy atom. The Bertz CT molecular complexity index is 366. The maximum absolute atomic E-state index is 5.58. The first-order chi connectivity index (χ1) is 7.60. The fourth-order valence-corrected chi connectivity index (χ4v) is 1.82. The molecule has 0 aliphatic carbocycles. The Morgan fingerprint density at radius 1 is 1.31 bits per heavy atom. The topological polar surface area (TPSA) is 9.23 Å². The smallest absolute Gasteiger partial charge is 0.122 e. The highest BCUT2D eigenvalue weighted by Crippen LogP contribution is 2.26. The molecule has 0 aliphatic heterocycles. The monoisotopic (exact) mass is 218 g/mol. The van der Waals surface area contributed by atoms with Crippen molar-refractivity contribution in [3.63, 3.8) is 0 Å². The van der Waals surface area contributed by atoms with E-state index in [9.17, 15) is 0 Å². The number of allylic oxidation sites excluding steroid dienone is 1. The number of ether oxygens (including phenoxy) is 1. The van der Waals surface area contributed by atoms with E-state index in [0.717, 1.165) is 18.8 Å². The van der Waals surface area contributed by atoms with Crippen molar-refractivity contribution < 1.29 is 4.74 Å². The van der Waals surface area contributed by atoms with Crippen LogP contribution in [0, 0.1) is 19.8 Å². The van der Waals surface area contributed by atoms with Gasteiger partial charge in [0, 0.05) is 0 Å². The van der Waals surface area contributed by atoms with Crippen LogP contribution in [-0.2, 0) is 6.42 Å². The highest BCUT2D eigenvalue weighted by atomic mass is 16.5. The zero-order valence-electron chi connectivity index (χ0n) is 10.8. The summed E-state index contributed by atoms with van der Waals surface area (Å²) in [5.41, 5.74) is 4.00. The van der Waals surface area contributed by atoms with Crippen LogP contribution in [0.5, 0.6) is 5.75 Å². The molecule has 0 N–H and O–H groups in total. The Kier molecular flexibility index (Phi) is 4.60. The van der Waals surface area contributed by atoms with Crippen LogP contribution in [0.3, 0.4) is 0 Å². The minimum Gasteiger partial charge on any atom is -0.494 e. The van der Waals surface area contributed by atoms with Gasteiger partial charge in [0.05, 0.1) is 6.61 Å². The third-order valence-electron chi connectivity index (χ3n) is 3.09. The first-order valence-corrected chi connectivity index (χ1v) is 5.94. The molecular formula is C15H22O. The maximum atomic E-state index is 5.58. The Balaban J connectivity index is 2.97. The molecule has 0 heterocycles. The van der Waals surface area contributed by atoms with Crippen LogP contribution in [-0.4, -0.2) is 6.61 Å². The van der Waals surface area contributed by atoms with E-state index < -0.39 is 0 Å². The first kappa shape index (κ1) is 12.8. The molecule has 1 nitrogen and oxygen atoms in total. The average molecular weight is 218 g/mol. The van der Waals surface area contributed by atoms with Crippen molar-refractivity contribution in [1.82, 2.24) is 0 Å². The van der Waals surface area contributed by atoms with Crippen molar-refractivity contribution in [2.75, 3.05) is 6.61 Å². The summed E-state index contributed by atoms with van der Waals surface area (Å²) in [4.78, 5) is 0. The maximum Gasteiger partial charge on any atom is 0.122 e. The minimum absolute atomic E-state index is 0.524. The van der Waals surface area contributed by atoms with Crippen molar-refractivity contribution in [2.45, 2.75) is 34.1 Å².